The van der Waals surface area contributed by atoms with Gasteiger partial charge in [-0.05, 0) is 49.9 Å². The third kappa shape index (κ3) is 4.55. The number of hydrogen-bond donors (Lipinski definition) is 2. The largest absolute Gasteiger partial charge is 0.376 e. The van der Waals surface area contributed by atoms with E-state index in [4.69, 9.17) is 9.47 Å². The minimum Gasteiger partial charge on any atom is -0.376 e. The molecule has 2 aliphatic rings. The normalized spacial score (nSPS) is 23.2. The summed E-state index contributed by atoms with van der Waals surface area (Å²) in [6.07, 6.45) is 4.33. The number of amides is 2. The molecule has 0 aromatic heterocycles. The number of benzene rings is 1. The summed E-state index contributed by atoms with van der Waals surface area (Å²) in [5.74, 6) is -0.284. The second kappa shape index (κ2) is 8.26. The average molecular weight is 332 g/mol. The fourth-order valence-corrected chi connectivity index (χ4v) is 3.00. The molecule has 6 heteroatoms. The Labute approximate surface area is 141 Å². The number of rotatable bonds is 6. The first kappa shape index (κ1) is 16.9. The number of nitrogens with one attached hydrogen (secondary N) is 2. The summed E-state index contributed by atoms with van der Waals surface area (Å²) in [4.78, 5) is 24.2. The zero-order chi connectivity index (χ0) is 16.8. The predicted molar refractivity (Wildman–Crippen MR) is 89.1 cm³/mol. The van der Waals surface area contributed by atoms with Gasteiger partial charge in [-0.15, -0.1) is 0 Å². The van der Waals surface area contributed by atoms with E-state index in [-0.39, 0.29) is 24.0 Å². The molecule has 0 aliphatic carbocycles. The standard InChI is InChI=1S/C18H24N2O4/c21-17(19-11-15-3-1-9-23-15)13-5-7-14(8-6-13)18(22)20-12-16-4-2-10-24-16/h5-8,15-16H,1-4,9-12H2,(H,19,21)(H,20,22)/t15-,16+. The Kier molecular flexibility index (Phi) is 5.82. The van der Waals surface area contributed by atoms with Crippen LogP contribution in [0.1, 0.15) is 46.4 Å². The van der Waals surface area contributed by atoms with Crippen molar-refractivity contribution in [3.8, 4) is 0 Å². The van der Waals surface area contributed by atoms with Crippen molar-refractivity contribution in [1.82, 2.24) is 10.6 Å². The smallest absolute Gasteiger partial charge is 0.251 e. The van der Waals surface area contributed by atoms with E-state index in [1.165, 1.54) is 0 Å². The Bertz CT molecular complexity index is 510. The highest BCUT2D eigenvalue weighted by molar-refractivity contribution is 5.97. The minimum atomic E-state index is -0.142. The highest BCUT2D eigenvalue weighted by Crippen LogP contribution is 2.12. The molecule has 2 aliphatic heterocycles. The van der Waals surface area contributed by atoms with Crippen LogP contribution in [0, 0.1) is 0 Å². The Morgan fingerprint density at radius 1 is 0.833 bits per heavy atom. The summed E-state index contributed by atoms with van der Waals surface area (Å²) in [6.45, 7) is 2.61. The Morgan fingerprint density at radius 3 is 1.58 bits per heavy atom. The maximum Gasteiger partial charge on any atom is 0.251 e. The molecule has 0 saturated carbocycles. The molecule has 6 nitrogen and oxygen atoms in total. The molecule has 2 N–H and O–H groups in total. The van der Waals surface area contributed by atoms with Gasteiger partial charge in [-0.2, -0.15) is 0 Å². The molecular weight excluding hydrogens is 308 g/mol. The lowest BCUT2D eigenvalue weighted by atomic mass is 10.1. The quantitative estimate of drug-likeness (QED) is 0.828. The van der Waals surface area contributed by atoms with Crippen molar-refractivity contribution < 1.29 is 19.1 Å². The third-order valence-electron chi connectivity index (χ3n) is 4.44. The van der Waals surface area contributed by atoms with Gasteiger partial charge in [0.2, 0.25) is 0 Å². The van der Waals surface area contributed by atoms with Crippen LogP contribution >= 0.6 is 0 Å². The van der Waals surface area contributed by atoms with Crippen molar-refractivity contribution in [3.05, 3.63) is 35.4 Å². The maximum atomic E-state index is 12.1. The number of ether oxygens (including phenoxy) is 2. The van der Waals surface area contributed by atoms with Crippen molar-refractivity contribution in [1.29, 1.82) is 0 Å². The van der Waals surface area contributed by atoms with Crippen LogP contribution in [0.2, 0.25) is 0 Å². The number of carbonyl (C=O) groups is 2. The number of hydrogen-bond acceptors (Lipinski definition) is 4. The van der Waals surface area contributed by atoms with Gasteiger partial charge in [-0.25, -0.2) is 0 Å². The van der Waals surface area contributed by atoms with Crippen molar-refractivity contribution in [2.24, 2.45) is 0 Å². The van der Waals surface area contributed by atoms with Gasteiger partial charge in [0.05, 0.1) is 12.2 Å². The molecule has 24 heavy (non-hydrogen) atoms. The molecule has 0 radical (unpaired) electrons. The van der Waals surface area contributed by atoms with Gasteiger partial charge in [0.15, 0.2) is 0 Å². The van der Waals surface area contributed by atoms with Gasteiger partial charge >= 0.3 is 0 Å². The van der Waals surface area contributed by atoms with Crippen LogP contribution in [-0.4, -0.2) is 50.3 Å². The molecule has 2 saturated heterocycles. The van der Waals surface area contributed by atoms with Gasteiger partial charge in [0.1, 0.15) is 0 Å². The first-order valence-corrected chi connectivity index (χ1v) is 8.62. The summed E-state index contributed by atoms with van der Waals surface area (Å²) in [6, 6.07) is 6.69. The van der Waals surface area contributed by atoms with E-state index < -0.39 is 0 Å². The van der Waals surface area contributed by atoms with Crippen LogP contribution < -0.4 is 10.6 Å². The first-order valence-electron chi connectivity index (χ1n) is 8.62. The SMILES string of the molecule is O=C(NC[C@H]1CCCO1)c1ccc(C(=O)NC[C@@H]2CCCO2)cc1. The van der Waals surface area contributed by atoms with Gasteiger partial charge in [-0.3, -0.25) is 9.59 Å². The minimum absolute atomic E-state index is 0.122. The molecular formula is C18H24N2O4. The lowest BCUT2D eigenvalue weighted by molar-refractivity contribution is 0.0851. The van der Waals surface area contributed by atoms with Gasteiger partial charge in [0, 0.05) is 37.4 Å². The highest BCUT2D eigenvalue weighted by atomic mass is 16.5. The summed E-state index contributed by atoms with van der Waals surface area (Å²) < 4.78 is 11.0. The molecule has 2 heterocycles. The van der Waals surface area contributed by atoms with E-state index in [0.717, 1.165) is 38.9 Å². The van der Waals surface area contributed by atoms with Crippen molar-refractivity contribution in [2.75, 3.05) is 26.3 Å². The summed E-state index contributed by atoms with van der Waals surface area (Å²) >= 11 is 0. The van der Waals surface area contributed by atoms with Crippen LogP contribution in [-0.2, 0) is 9.47 Å². The van der Waals surface area contributed by atoms with E-state index in [9.17, 15) is 9.59 Å². The van der Waals surface area contributed by atoms with E-state index in [1.807, 2.05) is 0 Å². The average Bonchev–Trinajstić information content (AvgIpc) is 3.31. The topological polar surface area (TPSA) is 76.7 Å². The predicted octanol–water partition coefficient (Wildman–Crippen LogP) is 1.50. The number of carbonyl (C=O) groups excluding carboxylic acids is 2. The van der Waals surface area contributed by atoms with E-state index in [1.54, 1.807) is 24.3 Å². The second-order valence-corrected chi connectivity index (χ2v) is 6.27. The lowest BCUT2D eigenvalue weighted by Gasteiger charge is -2.12. The van der Waals surface area contributed by atoms with Gasteiger partial charge in [0.25, 0.3) is 11.8 Å². The van der Waals surface area contributed by atoms with Crippen LogP contribution in [0.3, 0.4) is 0 Å². The zero-order valence-corrected chi connectivity index (χ0v) is 13.8. The Hall–Kier alpha value is -1.92. The summed E-state index contributed by atoms with van der Waals surface area (Å²) in [5, 5.41) is 5.74. The monoisotopic (exact) mass is 332 g/mol. The van der Waals surface area contributed by atoms with Crippen molar-refractivity contribution in [3.63, 3.8) is 0 Å². The van der Waals surface area contributed by atoms with E-state index in [2.05, 4.69) is 10.6 Å². The fraction of sp³-hybridized carbons (Fsp3) is 0.556. The Morgan fingerprint density at radius 2 is 1.25 bits per heavy atom. The van der Waals surface area contributed by atoms with Crippen molar-refractivity contribution in [2.45, 2.75) is 37.9 Å². The molecule has 130 valence electrons. The maximum absolute atomic E-state index is 12.1. The molecule has 0 spiro atoms. The van der Waals surface area contributed by atoms with Gasteiger partial charge < -0.3 is 20.1 Å². The molecule has 1 aromatic rings. The Balaban J connectivity index is 1.46. The molecule has 2 amide bonds. The molecule has 0 bridgehead atoms. The molecule has 2 atom stereocenters. The second-order valence-electron chi connectivity index (χ2n) is 6.27. The van der Waals surface area contributed by atoms with E-state index in [0.29, 0.717) is 24.2 Å². The van der Waals surface area contributed by atoms with E-state index >= 15 is 0 Å². The molecule has 2 fully saturated rings. The molecule has 3 rings (SSSR count). The van der Waals surface area contributed by atoms with Crippen LogP contribution in [0.25, 0.3) is 0 Å². The lowest BCUT2D eigenvalue weighted by Crippen LogP contribution is -2.32. The summed E-state index contributed by atoms with van der Waals surface area (Å²) in [7, 11) is 0. The van der Waals surface area contributed by atoms with Crippen molar-refractivity contribution >= 4 is 11.8 Å². The van der Waals surface area contributed by atoms with Crippen LogP contribution in [0.5, 0.6) is 0 Å². The molecule has 1 aromatic carbocycles. The third-order valence-corrected chi connectivity index (χ3v) is 4.44. The fourth-order valence-electron chi connectivity index (χ4n) is 3.00. The highest BCUT2D eigenvalue weighted by Gasteiger charge is 2.18. The van der Waals surface area contributed by atoms with Crippen LogP contribution in [0.4, 0.5) is 0 Å². The van der Waals surface area contributed by atoms with Crippen LogP contribution in [0.15, 0.2) is 24.3 Å². The molecule has 0 unspecified atom stereocenters. The first-order chi connectivity index (χ1) is 11.7. The van der Waals surface area contributed by atoms with Gasteiger partial charge in [-0.1, -0.05) is 0 Å². The summed E-state index contributed by atoms with van der Waals surface area (Å²) in [5.41, 5.74) is 1.09. The zero-order valence-electron chi connectivity index (χ0n) is 13.8.